The SMILES string of the molecule is CC(C)(C)SC1(C(=O)O)CCOC1. The van der Waals surface area contributed by atoms with Crippen molar-refractivity contribution in [3.05, 3.63) is 0 Å². The van der Waals surface area contributed by atoms with Crippen LogP contribution >= 0.6 is 11.8 Å². The molecule has 1 saturated heterocycles. The Labute approximate surface area is 82.8 Å². The minimum absolute atomic E-state index is 0.0356. The molecule has 0 bridgehead atoms. The summed E-state index contributed by atoms with van der Waals surface area (Å²) in [5.41, 5.74) is 0. The summed E-state index contributed by atoms with van der Waals surface area (Å²) in [6.07, 6.45) is 0.615. The van der Waals surface area contributed by atoms with Crippen LogP contribution in [0, 0.1) is 0 Å². The maximum Gasteiger partial charge on any atom is 0.322 e. The molecule has 0 aromatic heterocycles. The average Bonchev–Trinajstić information content (AvgIpc) is 2.33. The number of rotatable bonds is 2. The molecule has 1 heterocycles. The van der Waals surface area contributed by atoms with Crippen molar-refractivity contribution in [1.29, 1.82) is 0 Å². The third kappa shape index (κ3) is 2.61. The Kier molecular flexibility index (Phi) is 2.92. The maximum atomic E-state index is 11.1. The van der Waals surface area contributed by atoms with E-state index >= 15 is 0 Å². The van der Waals surface area contributed by atoms with Crippen LogP contribution in [-0.2, 0) is 9.53 Å². The normalized spacial score (nSPS) is 29.2. The molecule has 13 heavy (non-hydrogen) atoms. The van der Waals surface area contributed by atoms with Crippen LogP contribution in [-0.4, -0.2) is 33.8 Å². The van der Waals surface area contributed by atoms with E-state index in [-0.39, 0.29) is 4.75 Å². The standard InChI is InChI=1S/C9H16O3S/c1-8(2,3)13-9(7(10)11)4-5-12-6-9/h4-6H2,1-3H3,(H,10,11). The summed E-state index contributed by atoms with van der Waals surface area (Å²) in [5.74, 6) is -0.745. The highest BCUT2D eigenvalue weighted by Crippen LogP contribution is 2.41. The Morgan fingerprint density at radius 1 is 1.54 bits per heavy atom. The van der Waals surface area contributed by atoms with Crippen molar-refractivity contribution >= 4 is 17.7 Å². The Bertz CT molecular complexity index is 201. The first-order valence-electron chi connectivity index (χ1n) is 4.37. The van der Waals surface area contributed by atoms with Crippen LogP contribution in [0.5, 0.6) is 0 Å². The molecule has 0 amide bonds. The summed E-state index contributed by atoms with van der Waals surface area (Å²) >= 11 is 1.50. The van der Waals surface area contributed by atoms with Crippen molar-refractivity contribution in [2.45, 2.75) is 36.7 Å². The van der Waals surface area contributed by atoms with E-state index in [1.165, 1.54) is 11.8 Å². The predicted octanol–water partition coefficient (Wildman–Crippen LogP) is 1.76. The van der Waals surface area contributed by atoms with E-state index in [0.29, 0.717) is 19.6 Å². The zero-order chi connectivity index (χ0) is 10.1. The van der Waals surface area contributed by atoms with Crippen molar-refractivity contribution in [3.8, 4) is 0 Å². The smallest absolute Gasteiger partial charge is 0.322 e. The number of hydrogen-bond donors (Lipinski definition) is 1. The molecular weight excluding hydrogens is 188 g/mol. The summed E-state index contributed by atoms with van der Waals surface area (Å²) in [5, 5.41) is 9.13. The van der Waals surface area contributed by atoms with Crippen LogP contribution in [0.4, 0.5) is 0 Å². The zero-order valence-electron chi connectivity index (χ0n) is 8.29. The minimum Gasteiger partial charge on any atom is -0.480 e. The van der Waals surface area contributed by atoms with Gasteiger partial charge in [0, 0.05) is 11.4 Å². The van der Waals surface area contributed by atoms with Crippen LogP contribution in [0.25, 0.3) is 0 Å². The number of hydrogen-bond acceptors (Lipinski definition) is 3. The second kappa shape index (κ2) is 3.50. The molecule has 1 N–H and O–H groups in total. The molecule has 0 aliphatic carbocycles. The molecule has 1 unspecified atom stereocenters. The third-order valence-corrected chi connectivity index (χ3v) is 3.38. The van der Waals surface area contributed by atoms with Gasteiger partial charge in [-0.05, 0) is 6.42 Å². The molecule has 4 heteroatoms. The van der Waals surface area contributed by atoms with Crippen molar-refractivity contribution in [3.63, 3.8) is 0 Å². The van der Waals surface area contributed by atoms with Crippen molar-refractivity contribution in [2.24, 2.45) is 0 Å². The fraction of sp³-hybridized carbons (Fsp3) is 0.889. The molecule has 0 aromatic rings. The van der Waals surface area contributed by atoms with Crippen LogP contribution in [0.3, 0.4) is 0 Å². The average molecular weight is 204 g/mol. The molecule has 0 radical (unpaired) electrons. The highest BCUT2D eigenvalue weighted by molar-refractivity contribution is 8.02. The maximum absolute atomic E-state index is 11.1. The molecule has 0 saturated carbocycles. The monoisotopic (exact) mass is 204 g/mol. The Hall–Kier alpha value is -0.220. The first-order chi connectivity index (χ1) is 5.86. The summed E-state index contributed by atoms with van der Waals surface area (Å²) in [6.45, 7) is 6.99. The number of carboxylic acid groups (broad SMARTS) is 1. The summed E-state index contributed by atoms with van der Waals surface area (Å²) in [6, 6.07) is 0. The highest BCUT2D eigenvalue weighted by Gasteiger charge is 2.45. The molecular formula is C9H16O3S. The molecule has 1 aliphatic heterocycles. The first kappa shape index (κ1) is 10.9. The van der Waals surface area contributed by atoms with E-state index in [9.17, 15) is 4.79 Å². The fourth-order valence-electron chi connectivity index (χ4n) is 1.43. The van der Waals surface area contributed by atoms with E-state index in [4.69, 9.17) is 9.84 Å². The van der Waals surface area contributed by atoms with Gasteiger partial charge in [-0.1, -0.05) is 20.8 Å². The number of thioether (sulfide) groups is 1. The summed E-state index contributed by atoms with van der Waals surface area (Å²) in [7, 11) is 0. The van der Waals surface area contributed by atoms with Crippen molar-refractivity contribution < 1.29 is 14.6 Å². The lowest BCUT2D eigenvalue weighted by atomic mass is 10.1. The van der Waals surface area contributed by atoms with Gasteiger partial charge in [-0.3, -0.25) is 4.79 Å². The number of ether oxygens (including phenoxy) is 1. The topological polar surface area (TPSA) is 46.5 Å². The predicted molar refractivity (Wildman–Crippen MR) is 53.1 cm³/mol. The number of aliphatic carboxylic acids is 1. The zero-order valence-corrected chi connectivity index (χ0v) is 9.11. The van der Waals surface area contributed by atoms with Crippen LogP contribution in [0.2, 0.25) is 0 Å². The number of carboxylic acids is 1. The summed E-state index contributed by atoms with van der Waals surface area (Å²) < 4.78 is 4.42. The van der Waals surface area contributed by atoms with Gasteiger partial charge in [-0.2, -0.15) is 0 Å². The van der Waals surface area contributed by atoms with Crippen molar-refractivity contribution in [2.75, 3.05) is 13.2 Å². The Morgan fingerprint density at radius 3 is 2.46 bits per heavy atom. The first-order valence-corrected chi connectivity index (χ1v) is 5.19. The fourth-order valence-corrected chi connectivity index (χ4v) is 3.01. The molecule has 0 spiro atoms. The molecule has 76 valence electrons. The third-order valence-electron chi connectivity index (χ3n) is 1.88. The molecule has 0 aromatic carbocycles. The second-order valence-corrected chi connectivity index (χ2v) is 6.53. The van der Waals surface area contributed by atoms with Gasteiger partial charge in [0.2, 0.25) is 0 Å². The van der Waals surface area contributed by atoms with E-state index in [1.54, 1.807) is 0 Å². The lowest BCUT2D eigenvalue weighted by Crippen LogP contribution is -2.39. The molecule has 1 rings (SSSR count). The minimum atomic E-state index is -0.745. The quantitative estimate of drug-likeness (QED) is 0.744. The molecule has 3 nitrogen and oxygen atoms in total. The summed E-state index contributed by atoms with van der Waals surface area (Å²) in [4.78, 5) is 11.1. The Morgan fingerprint density at radius 2 is 2.15 bits per heavy atom. The van der Waals surface area contributed by atoms with Crippen LogP contribution in [0.1, 0.15) is 27.2 Å². The van der Waals surface area contributed by atoms with E-state index in [1.807, 2.05) is 20.8 Å². The van der Waals surface area contributed by atoms with Crippen LogP contribution in [0.15, 0.2) is 0 Å². The van der Waals surface area contributed by atoms with E-state index in [2.05, 4.69) is 0 Å². The van der Waals surface area contributed by atoms with Gasteiger partial charge < -0.3 is 9.84 Å². The van der Waals surface area contributed by atoms with E-state index in [0.717, 1.165) is 0 Å². The van der Waals surface area contributed by atoms with Gasteiger partial charge >= 0.3 is 5.97 Å². The lowest BCUT2D eigenvalue weighted by Gasteiger charge is -2.29. The largest absolute Gasteiger partial charge is 0.480 e. The molecule has 1 aliphatic rings. The van der Waals surface area contributed by atoms with Gasteiger partial charge in [0.05, 0.1) is 6.61 Å². The van der Waals surface area contributed by atoms with Gasteiger partial charge in [0.1, 0.15) is 4.75 Å². The molecule has 1 atom stereocenters. The highest BCUT2D eigenvalue weighted by atomic mass is 32.2. The van der Waals surface area contributed by atoms with Gasteiger partial charge in [-0.25, -0.2) is 0 Å². The van der Waals surface area contributed by atoms with E-state index < -0.39 is 10.7 Å². The van der Waals surface area contributed by atoms with Gasteiger partial charge in [0.25, 0.3) is 0 Å². The lowest BCUT2D eigenvalue weighted by molar-refractivity contribution is -0.139. The van der Waals surface area contributed by atoms with Gasteiger partial charge in [-0.15, -0.1) is 11.8 Å². The Balaban J connectivity index is 2.74. The molecule has 1 fully saturated rings. The van der Waals surface area contributed by atoms with Crippen molar-refractivity contribution in [1.82, 2.24) is 0 Å². The number of carbonyl (C=O) groups is 1. The van der Waals surface area contributed by atoms with Gasteiger partial charge in [0.15, 0.2) is 0 Å². The second-order valence-electron chi connectivity index (χ2n) is 4.32. The van der Waals surface area contributed by atoms with Crippen LogP contribution < -0.4 is 0 Å².